The van der Waals surface area contributed by atoms with Gasteiger partial charge in [-0.05, 0) is 24.6 Å². The van der Waals surface area contributed by atoms with Crippen LogP contribution in [-0.4, -0.2) is 11.1 Å². The second kappa shape index (κ2) is 3.65. The summed E-state index contributed by atoms with van der Waals surface area (Å²) in [6, 6.07) is 3.45. The molecule has 0 atom stereocenters. The van der Waals surface area contributed by atoms with Crippen LogP contribution in [0.25, 0.3) is 11.5 Å². The molecule has 0 aliphatic carbocycles. The molecule has 0 saturated carbocycles. The predicted molar refractivity (Wildman–Crippen MR) is 52.5 cm³/mol. The first-order valence-corrected chi connectivity index (χ1v) is 4.51. The molecule has 4 heteroatoms. The van der Waals surface area contributed by atoms with E-state index in [1.165, 1.54) is 6.26 Å². The van der Waals surface area contributed by atoms with Crippen LogP contribution in [0.4, 0.5) is 0 Å². The zero-order valence-electron chi connectivity index (χ0n) is 8.19. The Morgan fingerprint density at radius 1 is 1.27 bits per heavy atom. The lowest BCUT2D eigenvalue weighted by molar-refractivity contribution is -0.136. The van der Waals surface area contributed by atoms with Gasteiger partial charge in [0.05, 0.1) is 18.9 Å². The second-order valence-corrected chi connectivity index (χ2v) is 3.28. The van der Waals surface area contributed by atoms with Gasteiger partial charge < -0.3 is 13.9 Å². The topological polar surface area (TPSA) is 63.6 Å². The summed E-state index contributed by atoms with van der Waals surface area (Å²) >= 11 is 0. The van der Waals surface area contributed by atoms with Gasteiger partial charge in [0, 0.05) is 5.56 Å². The smallest absolute Gasteiger partial charge is 0.307 e. The number of carboxylic acid groups (broad SMARTS) is 1. The van der Waals surface area contributed by atoms with Gasteiger partial charge in [-0.25, -0.2) is 0 Å². The summed E-state index contributed by atoms with van der Waals surface area (Å²) in [5.41, 5.74) is 1.55. The molecule has 0 spiro atoms. The van der Waals surface area contributed by atoms with E-state index in [9.17, 15) is 4.79 Å². The second-order valence-electron chi connectivity index (χ2n) is 3.28. The molecule has 0 amide bonds. The third kappa shape index (κ3) is 1.79. The third-order valence-electron chi connectivity index (χ3n) is 2.16. The minimum Gasteiger partial charge on any atom is -0.481 e. The van der Waals surface area contributed by atoms with Crippen molar-refractivity contribution in [2.45, 2.75) is 13.3 Å². The van der Waals surface area contributed by atoms with Crippen LogP contribution in [0, 0.1) is 6.92 Å². The first-order chi connectivity index (χ1) is 7.18. The Kier molecular flexibility index (Phi) is 2.33. The molecule has 15 heavy (non-hydrogen) atoms. The van der Waals surface area contributed by atoms with Crippen LogP contribution in [0.2, 0.25) is 0 Å². The van der Waals surface area contributed by atoms with E-state index in [2.05, 4.69) is 0 Å². The van der Waals surface area contributed by atoms with Gasteiger partial charge in [0.1, 0.15) is 0 Å². The van der Waals surface area contributed by atoms with E-state index >= 15 is 0 Å². The van der Waals surface area contributed by atoms with E-state index in [-0.39, 0.29) is 6.42 Å². The lowest BCUT2D eigenvalue weighted by atomic mass is 10.1. The lowest BCUT2D eigenvalue weighted by Crippen LogP contribution is -1.99. The fraction of sp³-hybridized carbons (Fsp3) is 0.182. The third-order valence-corrected chi connectivity index (χ3v) is 2.16. The normalized spacial score (nSPS) is 10.5. The number of carboxylic acids is 1. The van der Waals surface area contributed by atoms with E-state index in [1.807, 2.05) is 13.0 Å². The predicted octanol–water partition coefficient (Wildman–Crippen LogP) is 2.48. The van der Waals surface area contributed by atoms with Crippen molar-refractivity contribution < 1.29 is 18.7 Å². The molecular weight excluding hydrogens is 196 g/mol. The summed E-state index contributed by atoms with van der Waals surface area (Å²) in [6.45, 7) is 1.88. The maximum atomic E-state index is 10.6. The van der Waals surface area contributed by atoms with E-state index in [4.69, 9.17) is 13.9 Å². The first kappa shape index (κ1) is 9.58. The molecule has 0 aliphatic rings. The molecule has 2 aromatic rings. The molecule has 0 unspecified atom stereocenters. The highest BCUT2D eigenvalue weighted by atomic mass is 16.4. The minimum atomic E-state index is -0.887. The van der Waals surface area contributed by atoms with Crippen molar-refractivity contribution in [1.82, 2.24) is 0 Å². The lowest BCUT2D eigenvalue weighted by Gasteiger charge is -1.97. The fourth-order valence-electron chi connectivity index (χ4n) is 1.44. The number of aryl methyl sites for hydroxylation is 1. The van der Waals surface area contributed by atoms with Crippen LogP contribution in [0.3, 0.4) is 0 Å². The highest BCUT2D eigenvalue weighted by Gasteiger charge is 2.16. The van der Waals surface area contributed by atoms with Crippen molar-refractivity contribution in [3.8, 4) is 11.5 Å². The number of furan rings is 2. The zero-order chi connectivity index (χ0) is 10.8. The Hall–Kier alpha value is -1.97. The van der Waals surface area contributed by atoms with E-state index < -0.39 is 5.97 Å². The van der Waals surface area contributed by atoms with Crippen LogP contribution >= 0.6 is 0 Å². The molecule has 2 rings (SSSR count). The van der Waals surface area contributed by atoms with Gasteiger partial charge >= 0.3 is 5.97 Å². The first-order valence-electron chi connectivity index (χ1n) is 4.51. The summed E-state index contributed by atoms with van der Waals surface area (Å²) in [5, 5.41) is 8.70. The summed E-state index contributed by atoms with van der Waals surface area (Å²) < 4.78 is 10.5. The Balaban J connectivity index is 2.41. The Morgan fingerprint density at radius 2 is 1.93 bits per heavy atom. The van der Waals surface area contributed by atoms with Crippen LogP contribution in [-0.2, 0) is 11.2 Å². The van der Waals surface area contributed by atoms with Crippen molar-refractivity contribution in [2.24, 2.45) is 0 Å². The monoisotopic (exact) mass is 206 g/mol. The van der Waals surface area contributed by atoms with Gasteiger partial charge in [0.15, 0.2) is 11.5 Å². The molecule has 1 N–H and O–H groups in total. The van der Waals surface area contributed by atoms with Crippen LogP contribution in [0.1, 0.15) is 11.1 Å². The van der Waals surface area contributed by atoms with Gasteiger partial charge in [-0.2, -0.15) is 0 Å². The zero-order valence-corrected chi connectivity index (χ0v) is 8.19. The minimum absolute atomic E-state index is 0.0635. The molecule has 2 aromatic heterocycles. The SMILES string of the molecule is Cc1ccoc1-c1occc1CC(=O)O. The van der Waals surface area contributed by atoms with Gasteiger partial charge in [-0.3, -0.25) is 4.79 Å². The Labute approximate surface area is 86.1 Å². The molecule has 78 valence electrons. The quantitative estimate of drug-likeness (QED) is 0.837. The largest absolute Gasteiger partial charge is 0.481 e. The number of carbonyl (C=O) groups is 1. The van der Waals surface area contributed by atoms with Crippen molar-refractivity contribution >= 4 is 5.97 Å². The van der Waals surface area contributed by atoms with E-state index in [0.717, 1.165) is 5.56 Å². The molecule has 0 aromatic carbocycles. The summed E-state index contributed by atoms with van der Waals surface area (Å²) in [6.07, 6.45) is 2.96. The van der Waals surface area contributed by atoms with E-state index in [0.29, 0.717) is 17.1 Å². The van der Waals surface area contributed by atoms with Crippen molar-refractivity contribution in [2.75, 3.05) is 0 Å². The number of aliphatic carboxylic acids is 1. The molecule has 0 fully saturated rings. The van der Waals surface area contributed by atoms with Gasteiger partial charge in [0.2, 0.25) is 0 Å². The maximum absolute atomic E-state index is 10.6. The average Bonchev–Trinajstić information content (AvgIpc) is 2.73. The molecular formula is C11H10O4. The molecule has 2 heterocycles. The highest BCUT2D eigenvalue weighted by Crippen LogP contribution is 2.28. The number of hydrogen-bond acceptors (Lipinski definition) is 3. The summed E-state index contributed by atoms with van der Waals surface area (Å²) in [5.74, 6) is 0.206. The molecule has 0 saturated heterocycles. The average molecular weight is 206 g/mol. The Bertz CT molecular complexity index is 478. The van der Waals surface area contributed by atoms with Gasteiger partial charge in [-0.15, -0.1) is 0 Å². The fourth-order valence-corrected chi connectivity index (χ4v) is 1.44. The molecule has 0 radical (unpaired) electrons. The van der Waals surface area contributed by atoms with Crippen LogP contribution < -0.4 is 0 Å². The van der Waals surface area contributed by atoms with Crippen LogP contribution in [0.5, 0.6) is 0 Å². The highest BCUT2D eigenvalue weighted by molar-refractivity contribution is 5.73. The standard InChI is InChI=1S/C11H10O4/c1-7-2-4-14-10(7)11-8(3-5-15-11)6-9(12)13/h2-5H,6H2,1H3,(H,12,13). The number of hydrogen-bond donors (Lipinski definition) is 1. The number of rotatable bonds is 3. The van der Waals surface area contributed by atoms with Crippen molar-refractivity contribution in [3.05, 3.63) is 35.8 Å². The van der Waals surface area contributed by atoms with Gasteiger partial charge in [0.25, 0.3) is 0 Å². The van der Waals surface area contributed by atoms with Crippen LogP contribution in [0.15, 0.2) is 33.5 Å². The summed E-state index contributed by atoms with van der Waals surface area (Å²) in [7, 11) is 0. The Morgan fingerprint density at radius 3 is 2.53 bits per heavy atom. The molecule has 0 bridgehead atoms. The van der Waals surface area contributed by atoms with E-state index in [1.54, 1.807) is 12.3 Å². The molecule has 0 aliphatic heterocycles. The maximum Gasteiger partial charge on any atom is 0.307 e. The van der Waals surface area contributed by atoms with Crippen molar-refractivity contribution in [3.63, 3.8) is 0 Å². The summed E-state index contributed by atoms with van der Waals surface area (Å²) in [4.78, 5) is 10.6. The van der Waals surface area contributed by atoms with Gasteiger partial charge in [-0.1, -0.05) is 0 Å². The molecule has 4 nitrogen and oxygen atoms in total. The van der Waals surface area contributed by atoms with Crippen molar-refractivity contribution in [1.29, 1.82) is 0 Å².